The van der Waals surface area contributed by atoms with Gasteiger partial charge in [0.2, 0.25) is 5.91 Å². The Kier molecular flexibility index (Phi) is 5.15. The van der Waals surface area contributed by atoms with Gasteiger partial charge in [0.1, 0.15) is 0 Å². The highest BCUT2D eigenvalue weighted by molar-refractivity contribution is 5.77. The van der Waals surface area contributed by atoms with Gasteiger partial charge in [-0.1, -0.05) is 12.1 Å². The normalized spacial score (nSPS) is 10.9. The van der Waals surface area contributed by atoms with Gasteiger partial charge in [-0.2, -0.15) is 5.10 Å². The van der Waals surface area contributed by atoms with Crippen LogP contribution in [0.2, 0.25) is 0 Å². The molecule has 3 aromatic heterocycles. The molecule has 0 aliphatic rings. The maximum Gasteiger partial charge on any atom is 0.261 e. The van der Waals surface area contributed by atoms with Gasteiger partial charge in [0.05, 0.1) is 22.9 Å². The highest BCUT2D eigenvalue weighted by atomic mass is 16.1. The van der Waals surface area contributed by atoms with Gasteiger partial charge in [-0.15, -0.1) is 0 Å². The Morgan fingerprint density at radius 1 is 1.17 bits per heavy atom. The van der Waals surface area contributed by atoms with Gasteiger partial charge in [-0.05, 0) is 29.8 Å². The SMILES string of the molecule is Cn1nccc1-c1cncc(CNC(=O)CCn2cnc3ccccc3c2=O)c1. The number of carbonyl (C=O) groups excluding carboxylic acids is 1. The van der Waals surface area contributed by atoms with Crippen LogP contribution in [0.4, 0.5) is 0 Å². The summed E-state index contributed by atoms with van der Waals surface area (Å²) >= 11 is 0. The molecule has 4 aromatic rings. The summed E-state index contributed by atoms with van der Waals surface area (Å²) in [4.78, 5) is 33.2. The molecule has 4 rings (SSSR count). The molecule has 0 atom stereocenters. The first-order valence-corrected chi connectivity index (χ1v) is 9.25. The molecule has 1 aromatic carbocycles. The summed E-state index contributed by atoms with van der Waals surface area (Å²) in [6.45, 7) is 0.637. The molecular weight excluding hydrogens is 368 g/mol. The van der Waals surface area contributed by atoms with Gasteiger partial charge >= 0.3 is 0 Å². The summed E-state index contributed by atoms with van der Waals surface area (Å²) in [6.07, 6.45) is 6.89. The molecule has 0 spiro atoms. The lowest BCUT2D eigenvalue weighted by molar-refractivity contribution is -0.121. The number of nitrogens with one attached hydrogen (secondary N) is 1. The molecule has 1 N–H and O–H groups in total. The molecule has 0 fully saturated rings. The van der Waals surface area contributed by atoms with Crippen molar-refractivity contribution in [3.8, 4) is 11.3 Å². The summed E-state index contributed by atoms with van der Waals surface area (Å²) < 4.78 is 3.24. The molecule has 0 aliphatic carbocycles. The third-order valence-corrected chi connectivity index (χ3v) is 4.71. The summed E-state index contributed by atoms with van der Waals surface area (Å²) in [5.41, 5.74) is 3.29. The fourth-order valence-electron chi connectivity index (χ4n) is 3.16. The Bertz CT molecular complexity index is 1230. The number of nitrogens with zero attached hydrogens (tertiary/aromatic N) is 5. The fourth-order valence-corrected chi connectivity index (χ4v) is 3.16. The second-order valence-electron chi connectivity index (χ2n) is 6.71. The zero-order chi connectivity index (χ0) is 20.2. The Balaban J connectivity index is 1.37. The van der Waals surface area contributed by atoms with Crippen molar-refractivity contribution in [1.29, 1.82) is 0 Å². The third kappa shape index (κ3) is 4.06. The van der Waals surface area contributed by atoms with Crippen LogP contribution in [0.1, 0.15) is 12.0 Å². The molecule has 0 aliphatic heterocycles. The second kappa shape index (κ2) is 8.05. The topological polar surface area (TPSA) is 94.7 Å². The summed E-state index contributed by atoms with van der Waals surface area (Å²) in [6, 6.07) is 11.1. The lowest BCUT2D eigenvalue weighted by Gasteiger charge is -2.09. The van der Waals surface area contributed by atoms with Crippen LogP contribution in [-0.4, -0.2) is 30.2 Å². The van der Waals surface area contributed by atoms with E-state index in [1.807, 2.05) is 25.2 Å². The summed E-state index contributed by atoms with van der Waals surface area (Å²) in [5, 5.41) is 7.59. The number of aryl methyl sites for hydroxylation is 2. The first kappa shape index (κ1) is 18.5. The molecule has 8 nitrogen and oxygen atoms in total. The van der Waals surface area contributed by atoms with Crippen LogP contribution in [0.25, 0.3) is 22.2 Å². The minimum atomic E-state index is -0.143. The van der Waals surface area contributed by atoms with Gasteiger partial charge in [0, 0.05) is 50.7 Å². The fraction of sp³-hybridized carbons (Fsp3) is 0.190. The molecule has 3 heterocycles. The molecule has 146 valence electrons. The van der Waals surface area contributed by atoms with Crippen molar-refractivity contribution in [2.45, 2.75) is 19.5 Å². The van der Waals surface area contributed by atoms with Crippen molar-refractivity contribution in [2.24, 2.45) is 7.05 Å². The Morgan fingerprint density at radius 2 is 2.03 bits per heavy atom. The van der Waals surface area contributed by atoms with E-state index in [0.29, 0.717) is 17.4 Å². The summed E-state index contributed by atoms with van der Waals surface area (Å²) in [7, 11) is 1.87. The van der Waals surface area contributed by atoms with Gasteiger partial charge in [0.25, 0.3) is 5.56 Å². The van der Waals surface area contributed by atoms with E-state index in [2.05, 4.69) is 20.4 Å². The average molecular weight is 388 g/mol. The number of benzene rings is 1. The van der Waals surface area contributed by atoms with Gasteiger partial charge < -0.3 is 5.32 Å². The molecule has 1 amide bonds. The van der Waals surface area contributed by atoms with Gasteiger partial charge in [-0.3, -0.25) is 23.8 Å². The smallest absolute Gasteiger partial charge is 0.261 e. The van der Waals surface area contributed by atoms with E-state index in [4.69, 9.17) is 0 Å². The molecule has 29 heavy (non-hydrogen) atoms. The predicted octanol–water partition coefficient (Wildman–Crippen LogP) is 1.90. The van der Waals surface area contributed by atoms with E-state index in [0.717, 1.165) is 16.8 Å². The van der Waals surface area contributed by atoms with E-state index in [1.54, 1.807) is 41.5 Å². The van der Waals surface area contributed by atoms with Crippen molar-refractivity contribution in [1.82, 2.24) is 29.6 Å². The Hall–Kier alpha value is -3.81. The van der Waals surface area contributed by atoms with E-state index in [1.165, 1.54) is 10.9 Å². The van der Waals surface area contributed by atoms with E-state index in [9.17, 15) is 9.59 Å². The number of hydrogen-bond acceptors (Lipinski definition) is 5. The second-order valence-corrected chi connectivity index (χ2v) is 6.71. The minimum absolute atomic E-state index is 0.142. The van der Waals surface area contributed by atoms with Crippen LogP contribution in [0, 0.1) is 0 Å². The zero-order valence-corrected chi connectivity index (χ0v) is 15.9. The van der Waals surface area contributed by atoms with Gasteiger partial charge in [0.15, 0.2) is 0 Å². The molecule has 0 saturated heterocycles. The number of rotatable bonds is 6. The molecular formula is C21H20N6O2. The van der Waals surface area contributed by atoms with Crippen LogP contribution in [0.5, 0.6) is 0 Å². The predicted molar refractivity (Wildman–Crippen MR) is 109 cm³/mol. The number of hydrogen-bond donors (Lipinski definition) is 1. The Labute approximate surface area is 166 Å². The van der Waals surface area contributed by atoms with Crippen LogP contribution >= 0.6 is 0 Å². The van der Waals surface area contributed by atoms with Crippen LogP contribution in [-0.2, 0) is 24.9 Å². The number of amides is 1. The van der Waals surface area contributed by atoms with E-state index < -0.39 is 0 Å². The van der Waals surface area contributed by atoms with Crippen molar-refractivity contribution >= 4 is 16.8 Å². The van der Waals surface area contributed by atoms with Crippen molar-refractivity contribution < 1.29 is 4.79 Å². The number of carbonyl (C=O) groups is 1. The standard InChI is InChI=1S/C21H20N6O2/c1-26-19(6-8-25-26)16-10-15(11-22-13-16)12-23-20(28)7-9-27-14-24-18-5-3-2-4-17(18)21(27)29/h2-6,8,10-11,13-14H,7,9,12H2,1H3,(H,23,28). The molecule has 0 radical (unpaired) electrons. The number of aromatic nitrogens is 5. The first-order valence-electron chi connectivity index (χ1n) is 9.25. The van der Waals surface area contributed by atoms with Crippen LogP contribution in [0.3, 0.4) is 0 Å². The first-order chi connectivity index (χ1) is 14.1. The number of pyridine rings is 1. The number of para-hydroxylation sites is 1. The number of fused-ring (bicyclic) bond motifs is 1. The molecule has 0 saturated carbocycles. The van der Waals surface area contributed by atoms with Gasteiger partial charge in [-0.25, -0.2) is 4.98 Å². The van der Waals surface area contributed by atoms with Crippen LogP contribution < -0.4 is 10.9 Å². The summed E-state index contributed by atoms with van der Waals surface area (Å²) in [5.74, 6) is -0.143. The van der Waals surface area contributed by atoms with E-state index in [-0.39, 0.29) is 24.4 Å². The Morgan fingerprint density at radius 3 is 2.86 bits per heavy atom. The highest BCUT2D eigenvalue weighted by Crippen LogP contribution is 2.18. The maximum atomic E-state index is 12.5. The highest BCUT2D eigenvalue weighted by Gasteiger charge is 2.08. The largest absolute Gasteiger partial charge is 0.352 e. The molecule has 0 bridgehead atoms. The van der Waals surface area contributed by atoms with Crippen molar-refractivity contribution in [3.63, 3.8) is 0 Å². The lowest BCUT2D eigenvalue weighted by Crippen LogP contribution is -2.27. The van der Waals surface area contributed by atoms with Crippen LogP contribution in [0.15, 0.2) is 66.1 Å². The quantitative estimate of drug-likeness (QED) is 0.544. The maximum absolute atomic E-state index is 12.5. The monoisotopic (exact) mass is 388 g/mol. The minimum Gasteiger partial charge on any atom is -0.352 e. The zero-order valence-electron chi connectivity index (χ0n) is 15.9. The van der Waals surface area contributed by atoms with E-state index >= 15 is 0 Å². The van der Waals surface area contributed by atoms with Crippen molar-refractivity contribution in [2.75, 3.05) is 0 Å². The average Bonchev–Trinajstić information content (AvgIpc) is 3.18. The third-order valence-electron chi connectivity index (χ3n) is 4.71. The molecule has 0 unspecified atom stereocenters. The molecule has 8 heteroatoms. The lowest BCUT2D eigenvalue weighted by atomic mass is 10.1. The van der Waals surface area contributed by atoms with Crippen molar-refractivity contribution in [3.05, 3.63) is 77.2 Å².